The molecule has 1 aromatic rings. The lowest BCUT2D eigenvalue weighted by molar-refractivity contribution is -0.117. The Morgan fingerprint density at radius 1 is 1.21 bits per heavy atom. The zero-order valence-electron chi connectivity index (χ0n) is 16.1. The molecule has 3 fully saturated rings. The Kier molecular flexibility index (Phi) is 4.89. The van der Waals surface area contributed by atoms with Crippen LogP contribution in [0.4, 0.5) is 16.2 Å². The number of urea groups is 1. The smallest absolute Gasteiger partial charge is 0.326 e. The van der Waals surface area contributed by atoms with Crippen LogP contribution in [0.2, 0.25) is 0 Å². The number of carbonyl (C=O) groups is 2. The Balaban J connectivity index is 1.43. The summed E-state index contributed by atoms with van der Waals surface area (Å²) in [5.74, 6) is -0.0101. The number of carbonyl (C=O) groups excluding carboxylic acids is 2. The van der Waals surface area contributed by atoms with E-state index < -0.39 is 0 Å². The third-order valence-corrected chi connectivity index (χ3v) is 7.51. The molecule has 3 unspecified atom stereocenters. The van der Waals surface area contributed by atoms with E-state index in [1.807, 2.05) is 29.2 Å². The second-order valence-electron chi connectivity index (χ2n) is 8.03. The minimum atomic E-state index is -0.182. The number of rotatable bonds is 3. The summed E-state index contributed by atoms with van der Waals surface area (Å²) in [4.78, 5) is 28.6. The second-order valence-corrected chi connectivity index (χ2v) is 9.18. The lowest BCUT2D eigenvalue weighted by atomic mass is 9.86. The maximum Gasteiger partial charge on any atom is 0.326 e. The average molecular weight is 415 g/mol. The molecular weight excluding hydrogens is 388 g/mol. The van der Waals surface area contributed by atoms with Crippen molar-refractivity contribution in [3.8, 4) is 0 Å². The molecule has 3 saturated heterocycles. The number of hydrogen-bond donors (Lipinski definition) is 5. The maximum absolute atomic E-state index is 13.1. The van der Waals surface area contributed by atoms with Crippen molar-refractivity contribution >= 4 is 35.1 Å². The SMILES string of the molecule is Nc1ccc(N2C(=O)NC3=C(C(=O)N[C@@H]4CCCNC4)SC4NCCC2C34)cc1. The number of nitrogens with one attached hydrogen (secondary N) is 4. The van der Waals surface area contributed by atoms with Crippen molar-refractivity contribution in [3.63, 3.8) is 0 Å². The molecule has 0 saturated carbocycles. The summed E-state index contributed by atoms with van der Waals surface area (Å²) in [5.41, 5.74) is 8.09. The highest BCUT2D eigenvalue weighted by atomic mass is 32.2. The summed E-state index contributed by atoms with van der Waals surface area (Å²) in [5, 5.41) is 13.1. The second kappa shape index (κ2) is 7.55. The number of anilines is 2. The topological polar surface area (TPSA) is 112 Å². The maximum atomic E-state index is 13.1. The van der Waals surface area contributed by atoms with Gasteiger partial charge in [-0.05, 0) is 56.6 Å². The van der Waals surface area contributed by atoms with E-state index in [2.05, 4.69) is 21.3 Å². The molecule has 6 N–H and O–H groups in total. The Hall–Kier alpha value is -2.23. The zero-order valence-corrected chi connectivity index (χ0v) is 16.9. The van der Waals surface area contributed by atoms with Crippen molar-refractivity contribution in [1.29, 1.82) is 0 Å². The summed E-state index contributed by atoms with van der Waals surface area (Å²) in [6, 6.07) is 7.36. The number of amides is 3. The average Bonchev–Trinajstić information content (AvgIpc) is 3.10. The monoisotopic (exact) mass is 414 g/mol. The molecule has 0 radical (unpaired) electrons. The van der Waals surface area contributed by atoms with E-state index in [0.29, 0.717) is 10.6 Å². The Morgan fingerprint density at radius 3 is 2.79 bits per heavy atom. The first-order valence-electron chi connectivity index (χ1n) is 10.2. The van der Waals surface area contributed by atoms with Gasteiger partial charge in [-0.1, -0.05) is 11.8 Å². The molecule has 29 heavy (non-hydrogen) atoms. The highest BCUT2D eigenvalue weighted by molar-refractivity contribution is 8.04. The van der Waals surface area contributed by atoms with Crippen molar-refractivity contribution in [2.75, 3.05) is 30.3 Å². The van der Waals surface area contributed by atoms with E-state index in [1.54, 1.807) is 11.8 Å². The van der Waals surface area contributed by atoms with Crippen LogP contribution in [0, 0.1) is 5.92 Å². The number of benzene rings is 1. The fraction of sp³-hybridized carbons (Fsp3) is 0.500. The van der Waals surface area contributed by atoms with Gasteiger partial charge in [0.25, 0.3) is 5.91 Å². The minimum Gasteiger partial charge on any atom is -0.399 e. The number of hydrogen-bond acceptors (Lipinski definition) is 6. The van der Waals surface area contributed by atoms with Crippen molar-refractivity contribution in [3.05, 3.63) is 34.9 Å². The van der Waals surface area contributed by atoms with Crippen LogP contribution in [0.25, 0.3) is 0 Å². The van der Waals surface area contributed by atoms with Crippen LogP contribution in [-0.2, 0) is 4.79 Å². The zero-order chi connectivity index (χ0) is 20.0. The van der Waals surface area contributed by atoms with Crippen molar-refractivity contribution in [2.24, 2.45) is 5.92 Å². The van der Waals surface area contributed by atoms with Gasteiger partial charge < -0.3 is 27.0 Å². The number of piperidine rings is 2. The molecule has 8 nitrogen and oxygen atoms in total. The standard InChI is InChI=1S/C20H26N6O2S/c21-11-3-5-13(6-4-11)26-14-7-9-23-19-15(14)16(25-20(26)28)17(29-19)18(27)24-12-2-1-8-22-10-12/h3-6,12,14-15,19,22-23H,1-2,7-10,21H2,(H,24,27)(H,25,28)/t12-,14?,15?,19?/m1/s1. The van der Waals surface area contributed by atoms with E-state index in [9.17, 15) is 9.59 Å². The molecule has 0 bridgehead atoms. The van der Waals surface area contributed by atoms with E-state index in [-0.39, 0.29) is 35.3 Å². The lowest BCUT2D eigenvalue weighted by Crippen LogP contribution is -2.62. The van der Waals surface area contributed by atoms with Gasteiger partial charge in [-0.25, -0.2) is 4.79 Å². The van der Waals surface area contributed by atoms with Crippen LogP contribution < -0.4 is 31.9 Å². The Morgan fingerprint density at radius 2 is 2.03 bits per heavy atom. The van der Waals surface area contributed by atoms with Crippen molar-refractivity contribution in [2.45, 2.75) is 36.7 Å². The van der Waals surface area contributed by atoms with Crippen molar-refractivity contribution < 1.29 is 9.59 Å². The van der Waals surface area contributed by atoms with Gasteiger partial charge >= 0.3 is 6.03 Å². The highest BCUT2D eigenvalue weighted by Gasteiger charge is 2.51. The van der Waals surface area contributed by atoms with Gasteiger partial charge in [0.05, 0.1) is 16.3 Å². The molecule has 154 valence electrons. The predicted molar refractivity (Wildman–Crippen MR) is 114 cm³/mol. The van der Waals surface area contributed by atoms with Gasteiger partial charge in [-0.15, -0.1) is 0 Å². The van der Waals surface area contributed by atoms with E-state index >= 15 is 0 Å². The largest absolute Gasteiger partial charge is 0.399 e. The summed E-state index contributed by atoms with van der Waals surface area (Å²) in [6.07, 6.45) is 2.88. The lowest BCUT2D eigenvalue weighted by Gasteiger charge is -2.45. The van der Waals surface area contributed by atoms with Gasteiger partial charge in [-0.2, -0.15) is 0 Å². The molecule has 9 heteroatoms. The molecule has 4 aliphatic heterocycles. The summed E-state index contributed by atoms with van der Waals surface area (Å²) >= 11 is 1.54. The number of nitrogens with zero attached hydrogens (tertiary/aromatic N) is 1. The van der Waals surface area contributed by atoms with E-state index in [1.165, 1.54) is 0 Å². The van der Waals surface area contributed by atoms with Crippen LogP contribution in [0.5, 0.6) is 0 Å². The van der Waals surface area contributed by atoms with Crippen LogP contribution in [0.1, 0.15) is 19.3 Å². The molecule has 0 aliphatic carbocycles. The normalized spacial score (nSPS) is 31.3. The first-order chi connectivity index (χ1) is 14.1. The minimum absolute atomic E-state index is 0.0165. The third-order valence-electron chi connectivity index (χ3n) is 6.15. The van der Waals surface area contributed by atoms with Crippen LogP contribution in [0.3, 0.4) is 0 Å². The third kappa shape index (κ3) is 3.37. The van der Waals surface area contributed by atoms with Crippen molar-refractivity contribution in [1.82, 2.24) is 21.3 Å². The summed E-state index contributed by atoms with van der Waals surface area (Å²) < 4.78 is 0. The van der Waals surface area contributed by atoms with Crippen LogP contribution >= 0.6 is 11.8 Å². The molecule has 3 amide bonds. The van der Waals surface area contributed by atoms with Gasteiger partial charge in [0.1, 0.15) is 0 Å². The van der Waals surface area contributed by atoms with Crippen LogP contribution in [-0.4, -0.2) is 49.0 Å². The molecule has 4 heterocycles. The molecule has 1 aromatic carbocycles. The number of thioether (sulfide) groups is 1. The summed E-state index contributed by atoms with van der Waals surface area (Å²) in [6.45, 7) is 2.61. The Labute approximate surface area is 174 Å². The number of nitrogen functional groups attached to an aromatic ring is 1. The highest BCUT2D eigenvalue weighted by Crippen LogP contribution is 2.47. The quantitative estimate of drug-likeness (QED) is 0.471. The summed E-state index contributed by atoms with van der Waals surface area (Å²) in [7, 11) is 0. The predicted octanol–water partition coefficient (Wildman–Crippen LogP) is 0.929. The molecule has 0 spiro atoms. The Bertz CT molecular complexity index is 851. The molecule has 4 atom stereocenters. The molecule has 0 aromatic heterocycles. The molecular formula is C20H26N6O2S. The van der Waals surface area contributed by atoms with E-state index in [0.717, 1.165) is 50.3 Å². The van der Waals surface area contributed by atoms with Gasteiger partial charge in [0.2, 0.25) is 0 Å². The van der Waals surface area contributed by atoms with Gasteiger partial charge in [0, 0.05) is 35.6 Å². The fourth-order valence-corrected chi connectivity index (χ4v) is 6.18. The fourth-order valence-electron chi connectivity index (χ4n) is 4.78. The molecule has 5 rings (SSSR count). The van der Waals surface area contributed by atoms with Gasteiger partial charge in [0.15, 0.2) is 0 Å². The first kappa shape index (κ1) is 18.8. The van der Waals surface area contributed by atoms with Crippen LogP contribution in [0.15, 0.2) is 34.9 Å². The van der Waals surface area contributed by atoms with Gasteiger partial charge in [-0.3, -0.25) is 9.69 Å². The molecule has 4 aliphatic rings. The first-order valence-corrected chi connectivity index (χ1v) is 11.1. The number of nitrogens with two attached hydrogens (primary N) is 1. The van der Waals surface area contributed by atoms with E-state index in [4.69, 9.17) is 5.73 Å².